The summed E-state index contributed by atoms with van der Waals surface area (Å²) in [6.45, 7) is 1.31. The molecule has 0 radical (unpaired) electrons. The van der Waals surface area contributed by atoms with Crippen LogP contribution in [-0.2, 0) is 9.59 Å². The molecule has 3 atom stereocenters. The Kier molecular flexibility index (Phi) is 6.18. The first-order valence-corrected chi connectivity index (χ1v) is 8.17. The van der Waals surface area contributed by atoms with Crippen LogP contribution in [0.3, 0.4) is 0 Å². The van der Waals surface area contributed by atoms with E-state index in [1.54, 1.807) is 0 Å². The van der Waals surface area contributed by atoms with Crippen molar-refractivity contribution < 1.29 is 14.0 Å². The third kappa shape index (κ3) is 4.24. The lowest BCUT2D eigenvalue weighted by Gasteiger charge is -2.24. The van der Waals surface area contributed by atoms with Crippen molar-refractivity contribution in [2.75, 3.05) is 10.6 Å². The number of amides is 2. The Bertz CT molecular complexity index is 612. The molecule has 1 heterocycles. The van der Waals surface area contributed by atoms with Gasteiger partial charge in [-0.2, -0.15) is 0 Å². The summed E-state index contributed by atoms with van der Waals surface area (Å²) in [5, 5.41) is 8.65. The fraction of sp³-hybridized carbons (Fsp3) is 0.529. The van der Waals surface area contributed by atoms with Crippen LogP contribution < -0.4 is 16.0 Å². The maximum Gasteiger partial charge on any atom is 0.241 e. The second kappa shape index (κ2) is 7.94. The van der Waals surface area contributed by atoms with E-state index in [1.807, 2.05) is 0 Å². The van der Waals surface area contributed by atoms with Crippen molar-refractivity contribution in [2.24, 2.45) is 5.92 Å². The molecular weight excluding hydrogens is 333 g/mol. The van der Waals surface area contributed by atoms with Crippen LogP contribution in [0.1, 0.15) is 39.0 Å². The van der Waals surface area contributed by atoms with E-state index in [4.69, 9.17) is 0 Å². The van der Waals surface area contributed by atoms with Crippen molar-refractivity contribution in [1.29, 1.82) is 0 Å². The maximum absolute atomic E-state index is 13.6. The summed E-state index contributed by atoms with van der Waals surface area (Å²) in [6.07, 6.45) is 5.65. The van der Waals surface area contributed by atoms with Gasteiger partial charge in [-0.15, -0.1) is 12.4 Å². The van der Waals surface area contributed by atoms with Gasteiger partial charge in [-0.25, -0.2) is 4.39 Å². The second-order valence-corrected chi connectivity index (χ2v) is 6.47. The van der Waals surface area contributed by atoms with Crippen molar-refractivity contribution in [3.8, 4) is 0 Å². The first-order valence-electron chi connectivity index (χ1n) is 8.17. The van der Waals surface area contributed by atoms with Crippen molar-refractivity contribution >= 4 is 35.6 Å². The van der Waals surface area contributed by atoms with Crippen molar-refractivity contribution in [3.05, 3.63) is 24.0 Å². The fourth-order valence-corrected chi connectivity index (χ4v) is 3.64. The summed E-state index contributed by atoms with van der Waals surface area (Å²) in [5.74, 6) is -0.389. The van der Waals surface area contributed by atoms with E-state index < -0.39 is 5.82 Å². The Labute approximate surface area is 147 Å². The number of fused-ring (bicyclic) bond motifs is 1. The predicted octanol–water partition coefficient (Wildman–Crippen LogP) is 3.07. The zero-order valence-electron chi connectivity index (χ0n) is 13.6. The summed E-state index contributed by atoms with van der Waals surface area (Å²) in [4.78, 5) is 23.5. The Morgan fingerprint density at radius 1 is 1.21 bits per heavy atom. The van der Waals surface area contributed by atoms with E-state index in [-0.39, 0.29) is 36.0 Å². The van der Waals surface area contributed by atoms with Gasteiger partial charge < -0.3 is 16.0 Å². The molecule has 0 spiro atoms. The third-order valence-corrected chi connectivity index (χ3v) is 4.72. The van der Waals surface area contributed by atoms with Crippen LogP contribution in [0.5, 0.6) is 0 Å². The Hall–Kier alpha value is -1.66. The van der Waals surface area contributed by atoms with Crippen LogP contribution in [0.2, 0.25) is 0 Å². The number of rotatable bonds is 3. The minimum atomic E-state index is -0.525. The lowest BCUT2D eigenvalue weighted by atomic mass is 9.85. The largest absolute Gasteiger partial charge is 0.325 e. The van der Waals surface area contributed by atoms with Crippen molar-refractivity contribution in [3.63, 3.8) is 0 Å². The van der Waals surface area contributed by atoms with Crippen molar-refractivity contribution in [1.82, 2.24) is 5.32 Å². The van der Waals surface area contributed by atoms with E-state index >= 15 is 0 Å². The smallest absolute Gasteiger partial charge is 0.241 e. The number of anilines is 2. The van der Waals surface area contributed by atoms with Crippen LogP contribution in [0.25, 0.3) is 0 Å². The van der Waals surface area contributed by atoms with Gasteiger partial charge in [-0.05, 0) is 43.4 Å². The normalized spacial score (nSPS) is 25.3. The highest BCUT2D eigenvalue weighted by Crippen LogP contribution is 2.33. The van der Waals surface area contributed by atoms with Gasteiger partial charge in [0.25, 0.3) is 0 Å². The number of hydrogen-bond donors (Lipinski definition) is 3. The van der Waals surface area contributed by atoms with Crippen LogP contribution in [-0.4, -0.2) is 23.9 Å². The molecule has 3 unspecified atom stereocenters. The number of nitrogens with one attached hydrogen (secondary N) is 3. The van der Waals surface area contributed by atoms with Gasteiger partial charge in [0.2, 0.25) is 11.8 Å². The maximum atomic E-state index is 13.6. The van der Waals surface area contributed by atoms with Gasteiger partial charge in [0, 0.05) is 18.7 Å². The highest BCUT2D eigenvalue weighted by atomic mass is 35.5. The SMILES string of the molecule is CC(=O)Nc1cc(NC(=O)C2CC3CCCCC3N2)ccc1F.Cl. The minimum Gasteiger partial charge on any atom is -0.325 e. The van der Waals surface area contributed by atoms with Crippen molar-refractivity contribution in [2.45, 2.75) is 51.1 Å². The van der Waals surface area contributed by atoms with Gasteiger partial charge in [-0.3, -0.25) is 9.59 Å². The van der Waals surface area contributed by atoms with E-state index in [1.165, 1.54) is 44.4 Å². The molecule has 1 aromatic carbocycles. The molecule has 0 bridgehead atoms. The highest BCUT2D eigenvalue weighted by Gasteiger charge is 2.38. The molecule has 132 valence electrons. The molecule has 24 heavy (non-hydrogen) atoms. The standard InChI is InChI=1S/C17H22FN3O2.ClH/c1-10(22)19-15-9-12(6-7-13(15)18)20-17(23)16-8-11-4-2-3-5-14(11)21-16;/h6-7,9,11,14,16,21H,2-5,8H2,1H3,(H,19,22)(H,20,23);1H. The summed E-state index contributed by atoms with van der Waals surface area (Å²) in [7, 11) is 0. The number of hydrogen-bond acceptors (Lipinski definition) is 3. The minimum absolute atomic E-state index is 0. The summed E-state index contributed by atoms with van der Waals surface area (Å²) in [6, 6.07) is 4.43. The molecule has 7 heteroatoms. The average Bonchev–Trinajstić information content (AvgIpc) is 2.94. The van der Waals surface area contributed by atoms with Gasteiger partial charge in [0.05, 0.1) is 11.7 Å². The average molecular weight is 356 g/mol. The molecule has 1 aliphatic heterocycles. The second-order valence-electron chi connectivity index (χ2n) is 6.47. The molecular formula is C17H23ClFN3O2. The van der Waals surface area contributed by atoms with E-state index in [0.29, 0.717) is 17.6 Å². The fourth-order valence-electron chi connectivity index (χ4n) is 3.64. The molecule has 1 saturated heterocycles. The molecule has 1 aromatic rings. The monoisotopic (exact) mass is 355 g/mol. The summed E-state index contributed by atoms with van der Waals surface area (Å²) >= 11 is 0. The van der Waals surface area contributed by atoms with Crippen LogP contribution >= 0.6 is 12.4 Å². The summed E-state index contributed by atoms with van der Waals surface area (Å²) < 4.78 is 13.6. The molecule has 5 nitrogen and oxygen atoms in total. The first kappa shape index (κ1) is 18.7. The van der Waals surface area contributed by atoms with Gasteiger partial charge in [0.15, 0.2) is 0 Å². The van der Waals surface area contributed by atoms with Crippen LogP contribution in [0.15, 0.2) is 18.2 Å². The predicted molar refractivity (Wildman–Crippen MR) is 93.9 cm³/mol. The molecule has 0 aromatic heterocycles. The number of carbonyl (C=O) groups is 2. The lowest BCUT2D eigenvalue weighted by molar-refractivity contribution is -0.118. The summed E-state index contributed by atoms with van der Waals surface area (Å²) in [5.41, 5.74) is 0.556. The number of halogens is 2. The number of carbonyl (C=O) groups excluding carboxylic acids is 2. The number of benzene rings is 1. The van der Waals surface area contributed by atoms with Gasteiger partial charge >= 0.3 is 0 Å². The van der Waals surface area contributed by atoms with Crippen LogP contribution in [0, 0.1) is 11.7 Å². The highest BCUT2D eigenvalue weighted by molar-refractivity contribution is 5.96. The van der Waals surface area contributed by atoms with Gasteiger partial charge in [-0.1, -0.05) is 12.8 Å². The quantitative estimate of drug-likeness (QED) is 0.780. The van der Waals surface area contributed by atoms with E-state index in [9.17, 15) is 14.0 Å². The lowest BCUT2D eigenvalue weighted by Crippen LogP contribution is -2.39. The van der Waals surface area contributed by atoms with Crippen LogP contribution in [0.4, 0.5) is 15.8 Å². The Balaban J connectivity index is 0.00000208. The van der Waals surface area contributed by atoms with Gasteiger partial charge in [0.1, 0.15) is 5.82 Å². The molecule has 2 amide bonds. The molecule has 3 N–H and O–H groups in total. The third-order valence-electron chi connectivity index (χ3n) is 4.72. The molecule has 2 fully saturated rings. The molecule has 3 rings (SSSR count). The molecule has 2 aliphatic rings. The topological polar surface area (TPSA) is 70.2 Å². The molecule has 1 saturated carbocycles. The Morgan fingerprint density at radius 2 is 1.96 bits per heavy atom. The zero-order chi connectivity index (χ0) is 16.4. The first-order chi connectivity index (χ1) is 11.0. The zero-order valence-corrected chi connectivity index (χ0v) is 14.4. The van der Waals surface area contributed by atoms with E-state index in [2.05, 4.69) is 16.0 Å². The Morgan fingerprint density at radius 3 is 2.67 bits per heavy atom. The van der Waals surface area contributed by atoms with E-state index in [0.717, 1.165) is 12.8 Å². The molecule has 1 aliphatic carbocycles.